The number of hydrogen-bond acceptors (Lipinski definition) is 4. The Balaban J connectivity index is 3.41. The molecule has 0 aliphatic carbocycles. The summed E-state index contributed by atoms with van der Waals surface area (Å²) in [4.78, 5) is 12.2. The first-order valence-electron chi connectivity index (χ1n) is 23.6. The minimum Gasteiger partial charge on any atom is -0.457 e. The molecular formula is C49H92O4. The van der Waals surface area contributed by atoms with Crippen molar-refractivity contribution in [2.45, 2.75) is 251 Å². The summed E-state index contributed by atoms with van der Waals surface area (Å²) in [6, 6.07) is 0. The van der Waals surface area contributed by atoms with Crippen molar-refractivity contribution in [2.24, 2.45) is 0 Å². The highest BCUT2D eigenvalue weighted by Gasteiger charge is 2.13. The van der Waals surface area contributed by atoms with Crippen LogP contribution in [-0.2, 0) is 14.3 Å². The monoisotopic (exact) mass is 745 g/mol. The van der Waals surface area contributed by atoms with Crippen molar-refractivity contribution in [3.63, 3.8) is 0 Å². The molecule has 0 aromatic carbocycles. The number of aliphatic hydroxyl groups excluding tert-OH is 1. The number of allylic oxidation sites excluding steroid dienone is 6. The standard InChI is InChI=1S/C49H92O4/c1-3-5-7-9-11-13-15-17-19-21-23-25-26-28-30-32-34-36-38-40-42-44-49(51)53-48(46-50)47-52-45-43-41-39-37-35-33-31-29-27-24-22-20-18-16-14-12-10-8-6-4-2/h12,14,18,20,24,27,48,50H,3-11,13,15-17,19,21-23,25-26,28-47H2,1-2H3/b14-12-,20-18-,27-24-. The number of ether oxygens (including phenoxy) is 2. The third-order valence-corrected chi connectivity index (χ3v) is 10.5. The summed E-state index contributed by atoms with van der Waals surface area (Å²) in [6.07, 6.45) is 59.3. The molecule has 0 aromatic heterocycles. The van der Waals surface area contributed by atoms with Gasteiger partial charge in [0.2, 0.25) is 0 Å². The topological polar surface area (TPSA) is 55.8 Å². The molecule has 53 heavy (non-hydrogen) atoms. The van der Waals surface area contributed by atoms with Gasteiger partial charge in [-0.1, -0.05) is 224 Å². The summed E-state index contributed by atoms with van der Waals surface area (Å²) in [5.74, 6) is -0.200. The summed E-state index contributed by atoms with van der Waals surface area (Å²) in [5, 5.41) is 9.63. The first kappa shape index (κ1) is 51.6. The van der Waals surface area contributed by atoms with Crippen LogP contribution in [0.4, 0.5) is 0 Å². The Morgan fingerprint density at radius 3 is 1.23 bits per heavy atom. The summed E-state index contributed by atoms with van der Waals surface area (Å²) >= 11 is 0. The van der Waals surface area contributed by atoms with Crippen LogP contribution in [0.1, 0.15) is 245 Å². The molecule has 0 fully saturated rings. The normalized spacial score (nSPS) is 12.6. The first-order valence-corrected chi connectivity index (χ1v) is 23.6. The van der Waals surface area contributed by atoms with Crippen molar-refractivity contribution in [3.05, 3.63) is 36.5 Å². The van der Waals surface area contributed by atoms with Crippen molar-refractivity contribution in [2.75, 3.05) is 19.8 Å². The Kier molecular flexibility index (Phi) is 45.5. The van der Waals surface area contributed by atoms with Crippen LogP contribution in [0.5, 0.6) is 0 Å². The van der Waals surface area contributed by atoms with Gasteiger partial charge < -0.3 is 14.6 Å². The zero-order valence-corrected chi connectivity index (χ0v) is 35.8. The van der Waals surface area contributed by atoms with Crippen LogP contribution in [0.3, 0.4) is 0 Å². The van der Waals surface area contributed by atoms with Crippen LogP contribution in [0.25, 0.3) is 0 Å². The van der Waals surface area contributed by atoms with E-state index in [9.17, 15) is 9.90 Å². The lowest BCUT2D eigenvalue weighted by Gasteiger charge is -2.16. The van der Waals surface area contributed by atoms with E-state index in [0.29, 0.717) is 19.6 Å². The molecule has 0 heterocycles. The van der Waals surface area contributed by atoms with Gasteiger partial charge in [0.25, 0.3) is 0 Å². The Bertz CT molecular complexity index is 787. The highest BCUT2D eigenvalue weighted by Crippen LogP contribution is 2.16. The van der Waals surface area contributed by atoms with Crippen molar-refractivity contribution in [3.8, 4) is 0 Å². The number of hydrogen-bond donors (Lipinski definition) is 1. The van der Waals surface area contributed by atoms with Crippen molar-refractivity contribution >= 4 is 5.97 Å². The highest BCUT2D eigenvalue weighted by molar-refractivity contribution is 5.69. The minimum absolute atomic E-state index is 0.173. The van der Waals surface area contributed by atoms with E-state index in [2.05, 4.69) is 50.3 Å². The molecule has 0 saturated heterocycles. The Hall–Kier alpha value is -1.39. The summed E-state index contributed by atoms with van der Waals surface area (Å²) in [5.41, 5.74) is 0. The van der Waals surface area contributed by atoms with Gasteiger partial charge in [0.05, 0.1) is 13.2 Å². The number of carbonyl (C=O) groups is 1. The predicted octanol–water partition coefficient (Wildman–Crippen LogP) is 15.7. The van der Waals surface area contributed by atoms with Crippen LogP contribution in [0, 0.1) is 0 Å². The summed E-state index contributed by atoms with van der Waals surface area (Å²) < 4.78 is 11.2. The molecule has 0 saturated carbocycles. The van der Waals surface area contributed by atoms with E-state index in [1.54, 1.807) is 0 Å². The largest absolute Gasteiger partial charge is 0.457 e. The van der Waals surface area contributed by atoms with Gasteiger partial charge in [0.15, 0.2) is 0 Å². The van der Waals surface area contributed by atoms with Crippen LogP contribution < -0.4 is 0 Å². The van der Waals surface area contributed by atoms with E-state index in [4.69, 9.17) is 9.47 Å². The number of unbranched alkanes of at least 4 members (excludes halogenated alkanes) is 30. The number of carbonyl (C=O) groups excluding carboxylic acids is 1. The molecule has 312 valence electrons. The first-order chi connectivity index (χ1) is 26.2. The van der Waals surface area contributed by atoms with Crippen LogP contribution in [0.15, 0.2) is 36.5 Å². The second-order valence-electron chi connectivity index (χ2n) is 15.8. The van der Waals surface area contributed by atoms with Gasteiger partial charge >= 0.3 is 5.97 Å². The van der Waals surface area contributed by atoms with Crippen molar-refractivity contribution in [1.29, 1.82) is 0 Å². The van der Waals surface area contributed by atoms with Crippen molar-refractivity contribution in [1.82, 2.24) is 0 Å². The minimum atomic E-state index is -0.537. The number of esters is 1. The lowest BCUT2D eigenvalue weighted by atomic mass is 10.0. The molecule has 1 atom stereocenters. The average Bonchev–Trinajstić information content (AvgIpc) is 3.16. The fourth-order valence-corrected chi connectivity index (χ4v) is 6.93. The van der Waals surface area contributed by atoms with E-state index in [1.165, 1.54) is 193 Å². The molecule has 1 N–H and O–H groups in total. The fourth-order valence-electron chi connectivity index (χ4n) is 6.93. The number of rotatable bonds is 44. The smallest absolute Gasteiger partial charge is 0.306 e. The predicted molar refractivity (Wildman–Crippen MR) is 233 cm³/mol. The van der Waals surface area contributed by atoms with Gasteiger partial charge in [-0.2, -0.15) is 0 Å². The zero-order chi connectivity index (χ0) is 38.4. The van der Waals surface area contributed by atoms with E-state index in [0.717, 1.165) is 32.1 Å². The molecule has 0 rings (SSSR count). The molecule has 0 amide bonds. The summed E-state index contributed by atoms with van der Waals surface area (Å²) in [7, 11) is 0. The van der Waals surface area contributed by atoms with Gasteiger partial charge in [0, 0.05) is 13.0 Å². The maximum atomic E-state index is 12.2. The molecule has 4 heteroatoms. The maximum absolute atomic E-state index is 12.2. The van der Waals surface area contributed by atoms with E-state index >= 15 is 0 Å². The van der Waals surface area contributed by atoms with Gasteiger partial charge in [-0.3, -0.25) is 4.79 Å². The molecule has 0 aromatic rings. The quantitative estimate of drug-likeness (QED) is 0.0383. The summed E-state index contributed by atoms with van der Waals surface area (Å²) in [6.45, 7) is 5.33. The molecule has 0 aliphatic rings. The SMILES string of the molecule is CCCCC/C=C\C/C=C\C/C=C\CCCCCCCCCOCC(CO)OC(=O)CCCCCCCCCCCCCCCCCCCCCCC. The van der Waals surface area contributed by atoms with Gasteiger partial charge in [0.1, 0.15) is 6.10 Å². The third-order valence-electron chi connectivity index (χ3n) is 10.5. The lowest BCUT2D eigenvalue weighted by Crippen LogP contribution is -2.27. The molecule has 4 nitrogen and oxygen atoms in total. The zero-order valence-electron chi connectivity index (χ0n) is 35.8. The Labute approximate surface area is 331 Å². The fraction of sp³-hybridized carbons (Fsp3) is 0.857. The Morgan fingerprint density at radius 2 is 0.792 bits per heavy atom. The van der Waals surface area contributed by atoms with E-state index in [1.807, 2.05) is 0 Å². The van der Waals surface area contributed by atoms with Gasteiger partial charge in [-0.15, -0.1) is 0 Å². The second kappa shape index (κ2) is 46.8. The third kappa shape index (κ3) is 44.9. The molecule has 0 aliphatic heterocycles. The van der Waals surface area contributed by atoms with E-state index < -0.39 is 6.10 Å². The average molecular weight is 745 g/mol. The van der Waals surface area contributed by atoms with Gasteiger partial charge in [-0.25, -0.2) is 0 Å². The molecule has 0 spiro atoms. The molecule has 0 bridgehead atoms. The van der Waals surface area contributed by atoms with Gasteiger partial charge in [-0.05, 0) is 51.4 Å². The van der Waals surface area contributed by atoms with Crippen molar-refractivity contribution < 1.29 is 19.4 Å². The molecular weight excluding hydrogens is 653 g/mol. The van der Waals surface area contributed by atoms with E-state index in [-0.39, 0.29) is 12.6 Å². The second-order valence-corrected chi connectivity index (χ2v) is 15.8. The lowest BCUT2D eigenvalue weighted by molar-refractivity contribution is -0.154. The highest BCUT2D eigenvalue weighted by atomic mass is 16.6. The Morgan fingerprint density at radius 1 is 0.453 bits per heavy atom. The van der Waals surface area contributed by atoms with Crippen LogP contribution >= 0.6 is 0 Å². The van der Waals surface area contributed by atoms with Crippen LogP contribution in [-0.4, -0.2) is 37.0 Å². The van der Waals surface area contributed by atoms with Crippen LogP contribution in [0.2, 0.25) is 0 Å². The number of aliphatic hydroxyl groups is 1. The maximum Gasteiger partial charge on any atom is 0.306 e. The molecule has 0 radical (unpaired) electrons. The molecule has 1 unspecified atom stereocenters.